The maximum atomic E-state index is 12.6. The number of amidine groups is 1. The molecule has 8 heteroatoms. The van der Waals surface area contributed by atoms with Crippen LogP contribution in [0.1, 0.15) is 62.5 Å². The second kappa shape index (κ2) is 8.87. The van der Waals surface area contributed by atoms with Gasteiger partial charge in [-0.15, -0.1) is 0 Å². The molecule has 1 fully saturated rings. The Morgan fingerprint density at radius 1 is 1.20 bits per heavy atom. The van der Waals surface area contributed by atoms with Crippen LogP contribution < -0.4 is 11.1 Å². The molecule has 1 aliphatic carbocycles. The number of hydrogen-bond acceptors (Lipinski definition) is 5. The molecule has 0 atom stereocenters. The first-order valence-corrected chi connectivity index (χ1v) is 10.2. The zero-order chi connectivity index (χ0) is 21.9. The highest BCUT2D eigenvalue weighted by atomic mass is 16.6. The van der Waals surface area contributed by atoms with E-state index in [9.17, 15) is 9.59 Å². The summed E-state index contributed by atoms with van der Waals surface area (Å²) >= 11 is 0. The molecule has 0 bridgehead atoms. The second-order valence-electron chi connectivity index (χ2n) is 8.74. The van der Waals surface area contributed by atoms with Gasteiger partial charge in [-0.3, -0.25) is 10.2 Å². The van der Waals surface area contributed by atoms with Crippen LogP contribution >= 0.6 is 0 Å². The molecular weight excluding hydrogens is 384 g/mol. The van der Waals surface area contributed by atoms with Crippen LogP contribution in [0.25, 0.3) is 10.9 Å². The number of carbonyl (C=O) groups excluding carboxylic acids is 2. The number of nitrogens with two attached hydrogens (primary N) is 1. The third-order valence-corrected chi connectivity index (χ3v) is 5.04. The Labute approximate surface area is 176 Å². The van der Waals surface area contributed by atoms with Crippen LogP contribution in [0, 0.1) is 5.41 Å². The number of nitrogen functional groups attached to an aromatic ring is 1. The van der Waals surface area contributed by atoms with E-state index in [-0.39, 0.29) is 36.5 Å². The van der Waals surface area contributed by atoms with Gasteiger partial charge < -0.3 is 25.5 Å². The molecule has 1 saturated carbocycles. The standard InChI is InChI=1S/C22H30N4O4/c1-22(2,3)30-19(27)12-29-16-8-6-15(7-9-16)25-21(28)18-10-13-4-5-14(20(23)24)11-17(13)26-18/h4-5,10-11,15-16,26H,6-9,12H2,1-3H3,(H3,23,24)(H,25,28)/t15-,16-. The SMILES string of the molecule is CC(C)(C)OC(=O)CO[C@H]1CC[C@H](NC(=O)c2cc3ccc(C(=N)N)cc3[nH]2)CC1. The summed E-state index contributed by atoms with van der Waals surface area (Å²) in [6.45, 7) is 5.44. The zero-order valence-electron chi connectivity index (χ0n) is 17.7. The van der Waals surface area contributed by atoms with E-state index < -0.39 is 5.60 Å². The molecule has 1 aromatic heterocycles. The Hall–Kier alpha value is -2.87. The molecule has 0 saturated heterocycles. The predicted molar refractivity (Wildman–Crippen MR) is 115 cm³/mol. The molecule has 162 valence electrons. The normalized spacial score (nSPS) is 19.4. The van der Waals surface area contributed by atoms with Crippen LogP contribution in [-0.4, -0.2) is 47.0 Å². The van der Waals surface area contributed by atoms with E-state index in [1.807, 2.05) is 26.8 Å². The third kappa shape index (κ3) is 5.82. The molecule has 8 nitrogen and oxygen atoms in total. The summed E-state index contributed by atoms with van der Waals surface area (Å²) < 4.78 is 10.9. The highest BCUT2D eigenvalue weighted by Crippen LogP contribution is 2.23. The number of aromatic nitrogens is 1. The summed E-state index contributed by atoms with van der Waals surface area (Å²) in [5.41, 5.74) is 6.87. The first kappa shape index (κ1) is 21.8. The van der Waals surface area contributed by atoms with Crippen LogP contribution in [0.15, 0.2) is 24.3 Å². The van der Waals surface area contributed by atoms with Crippen molar-refractivity contribution in [2.75, 3.05) is 6.61 Å². The Morgan fingerprint density at radius 3 is 2.53 bits per heavy atom. The first-order valence-electron chi connectivity index (χ1n) is 10.2. The van der Waals surface area contributed by atoms with Crippen molar-refractivity contribution in [2.24, 2.45) is 5.73 Å². The van der Waals surface area contributed by atoms with Crippen molar-refractivity contribution >= 4 is 28.6 Å². The Bertz CT molecular complexity index is 936. The highest BCUT2D eigenvalue weighted by molar-refractivity contribution is 6.01. The highest BCUT2D eigenvalue weighted by Gasteiger charge is 2.25. The number of hydrogen-bond donors (Lipinski definition) is 4. The van der Waals surface area contributed by atoms with Gasteiger partial charge >= 0.3 is 5.97 Å². The van der Waals surface area contributed by atoms with Gasteiger partial charge in [0, 0.05) is 22.5 Å². The van der Waals surface area contributed by atoms with Crippen molar-refractivity contribution in [2.45, 2.75) is 64.2 Å². The number of rotatable bonds is 6. The van der Waals surface area contributed by atoms with Gasteiger partial charge in [0.25, 0.3) is 5.91 Å². The number of fused-ring (bicyclic) bond motifs is 1. The number of nitrogens with one attached hydrogen (secondary N) is 3. The average Bonchev–Trinajstić information content (AvgIpc) is 3.09. The van der Waals surface area contributed by atoms with Crippen molar-refractivity contribution in [1.82, 2.24) is 10.3 Å². The predicted octanol–water partition coefficient (Wildman–Crippen LogP) is 2.85. The second-order valence-corrected chi connectivity index (χ2v) is 8.74. The van der Waals surface area contributed by atoms with E-state index >= 15 is 0 Å². The van der Waals surface area contributed by atoms with E-state index in [1.165, 1.54) is 0 Å². The molecule has 1 heterocycles. The summed E-state index contributed by atoms with van der Waals surface area (Å²) in [4.78, 5) is 27.5. The van der Waals surface area contributed by atoms with Gasteiger partial charge in [-0.2, -0.15) is 0 Å². The van der Waals surface area contributed by atoms with Crippen LogP contribution in [0.3, 0.4) is 0 Å². The largest absolute Gasteiger partial charge is 0.458 e. The minimum absolute atomic E-state index is 0.00347. The average molecular weight is 415 g/mol. The molecule has 0 unspecified atom stereocenters. The lowest BCUT2D eigenvalue weighted by Gasteiger charge is -2.29. The van der Waals surface area contributed by atoms with E-state index in [0.717, 1.165) is 36.6 Å². The fraction of sp³-hybridized carbons (Fsp3) is 0.500. The molecule has 1 aromatic carbocycles. The Kier molecular flexibility index (Phi) is 6.45. The first-order chi connectivity index (χ1) is 14.1. The topological polar surface area (TPSA) is 130 Å². The van der Waals surface area contributed by atoms with Crippen LogP contribution in [-0.2, 0) is 14.3 Å². The van der Waals surface area contributed by atoms with E-state index in [4.69, 9.17) is 20.6 Å². The molecule has 1 aliphatic rings. The number of esters is 1. The summed E-state index contributed by atoms with van der Waals surface area (Å²) in [6, 6.07) is 7.23. The third-order valence-electron chi connectivity index (χ3n) is 5.04. The maximum absolute atomic E-state index is 12.6. The summed E-state index contributed by atoms with van der Waals surface area (Å²) in [6.07, 6.45) is 3.15. The lowest BCUT2D eigenvalue weighted by molar-refractivity contribution is -0.162. The fourth-order valence-corrected chi connectivity index (χ4v) is 3.61. The maximum Gasteiger partial charge on any atom is 0.332 e. The Morgan fingerprint density at radius 2 is 1.90 bits per heavy atom. The number of aromatic amines is 1. The molecule has 2 aromatic rings. The monoisotopic (exact) mass is 414 g/mol. The van der Waals surface area contributed by atoms with Gasteiger partial charge in [0.05, 0.1) is 6.10 Å². The number of amides is 1. The van der Waals surface area contributed by atoms with Crippen molar-refractivity contribution in [3.8, 4) is 0 Å². The zero-order valence-corrected chi connectivity index (χ0v) is 17.7. The van der Waals surface area contributed by atoms with Gasteiger partial charge in [-0.25, -0.2) is 4.79 Å². The molecular formula is C22H30N4O4. The molecule has 1 amide bonds. The van der Waals surface area contributed by atoms with Gasteiger partial charge in [0.15, 0.2) is 0 Å². The lowest BCUT2D eigenvalue weighted by atomic mass is 9.93. The minimum Gasteiger partial charge on any atom is -0.458 e. The van der Waals surface area contributed by atoms with Gasteiger partial charge in [-0.1, -0.05) is 12.1 Å². The van der Waals surface area contributed by atoms with Crippen molar-refractivity contribution in [1.29, 1.82) is 5.41 Å². The van der Waals surface area contributed by atoms with Gasteiger partial charge in [0.2, 0.25) is 0 Å². The molecule has 30 heavy (non-hydrogen) atoms. The molecule has 0 aliphatic heterocycles. The number of ether oxygens (including phenoxy) is 2. The molecule has 5 N–H and O–H groups in total. The van der Waals surface area contributed by atoms with E-state index in [0.29, 0.717) is 11.3 Å². The minimum atomic E-state index is -0.515. The van der Waals surface area contributed by atoms with E-state index in [2.05, 4.69) is 10.3 Å². The Balaban J connectivity index is 1.48. The van der Waals surface area contributed by atoms with E-state index in [1.54, 1.807) is 18.2 Å². The quantitative estimate of drug-likeness (QED) is 0.328. The fourth-order valence-electron chi connectivity index (χ4n) is 3.61. The number of benzene rings is 1. The van der Waals surface area contributed by atoms with Gasteiger partial charge in [0.1, 0.15) is 23.7 Å². The number of H-pyrrole nitrogens is 1. The number of carbonyl (C=O) groups is 2. The molecule has 0 radical (unpaired) electrons. The summed E-state index contributed by atoms with van der Waals surface area (Å²) in [7, 11) is 0. The summed E-state index contributed by atoms with van der Waals surface area (Å²) in [5.74, 6) is -0.526. The smallest absolute Gasteiger partial charge is 0.332 e. The lowest BCUT2D eigenvalue weighted by Crippen LogP contribution is -2.39. The van der Waals surface area contributed by atoms with Gasteiger partial charge in [-0.05, 0) is 58.6 Å². The van der Waals surface area contributed by atoms with Crippen molar-refractivity contribution < 1.29 is 19.1 Å². The van der Waals surface area contributed by atoms with Crippen molar-refractivity contribution in [3.63, 3.8) is 0 Å². The van der Waals surface area contributed by atoms with Crippen LogP contribution in [0.4, 0.5) is 0 Å². The summed E-state index contributed by atoms with van der Waals surface area (Å²) in [5, 5.41) is 11.5. The van der Waals surface area contributed by atoms with Crippen molar-refractivity contribution in [3.05, 3.63) is 35.5 Å². The van der Waals surface area contributed by atoms with Crippen LogP contribution in [0.2, 0.25) is 0 Å². The van der Waals surface area contributed by atoms with Crippen LogP contribution in [0.5, 0.6) is 0 Å². The molecule has 3 rings (SSSR count). The molecule has 0 spiro atoms.